The van der Waals surface area contributed by atoms with Crippen LogP contribution in [0.4, 0.5) is 5.82 Å². The largest absolute Gasteiger partial charge is 0.338 e. The van der Waals surface area contributed by atoms with Crippen molar-refractivity contribution in [1.82, 2.24) is 20.1 Å². The van der Waals surface area contributed by atoms with Crippen LogP contribution in [-0.4, -0.2) is 38.4 Å². The minimum atomic E-state index is -0.222. The summed E-state index contributed by atoms with van der Waals surface area (Å²) in [7, 11) is 0. The first-order valence-electron chi connectivity index (χ1n) is 6.67. The van der Waals surface area contributed by atoms with E-state index in [2.05, 4.69) is 20.5 Å². The van der Waals surface area contributed by atoms with Crippen LogP contribution in [0.5, 0.6) is 0 Å². The highest BCUT2D eigenvalue weighted by molar-refractivity contribution is 6.04. The zero-order chi connectivity index (χ0) is 14.8. The molecule has 3 rings (SSSR count). The highest BCUT2D eigenvalue weighted by Crippen LogP contribution is 2.22. The Morgan fingerprint density at radius 1 is 1.38 bits per heavy atom. The Labute approximate surface area is 121 Å². The summed E-state index contributed by atoms with van der Waals surface area (Å²) in [6.07, 6.45) is 5.51. The molecule has 0 bridgehead atoms. The number of rotatable bonds is 2. The molecule has 0 atom stereocenters. The molecule has 2 aromatic rings. The molecule has 1 aliphatic rings. The molecule has 108 valence electrons. The third kappa shape index (κ3) is 2.62. The molecule has 7 nitrogen and oxygen atoms in total. The second-order valence-electron chi connectivity index (χ2n) is 4.94. The lowest BCUT2D eigenvalue weighted by Crippen LogP contribution is -2.35. The van der Waals surface area contributed by atoms with Crippen LogP contribution in [0.15, 0.2) is 24.7 Å². The predicted molar refractivity (Wildman–Crippen MR) is 75.6 cm³/mol. The van der Waals surface area contributed by atoms with Gasteiger partial charge in [-0.15, -0.1) is 0 Å². The van der Waals surface area contributed by atoms with Gasteiger partial charge in [0.2, 0.25) is 5.91 Å². The maximum absolute atomic E-state index is 12.3. The molecular formula is C14H15N5O2. The molecule has 0 aliphatic carbocycles. The van der Waals surface area contributed by atoms with Gasteiger partial charge in [-0.25, -0.2) is 0 Å². The van der Waals surface area contributed by atoms with Gasteiger partial charge in [0.05, 0.1) is 11.8 Å². The maximum Gasteiger partial charge on any atom is 0.258 e. The van der Waals surface area contributed by atoms with Crippen molar-refractivity contribution in [3.63, 3.8) is 0 Å². The Morgan fingerprint density at radius 3 is 2.95 bits per heavy atom. The normalized spacial score (nSPS) is 13.7. The molecular weight excluding hydrogens is 270 g/mol. The van der Waals surface area contributed by atoms with E-state index in [9.17, 15) is 9.59 Å². The second kappa shape index (κ2) is 5.35. The van der Waals surface area contributed by atoms with E-state index < -0.39 is 0 Å². The number of anilines is 1. The molecule has 0 saturated heterocycles. The second-order valence-corrected chi connectivity index (χ2v) is 4.94. The van der Waals surface area contributed by atoms with Crippen molar-refractivity contribution < 1.29 is 9.59 Å². The number of fused-ring (bicyclic) bond motifs is 1. The molecule has 2 N–H and O–H groups in total. The van der Waals surface area contributed by atoms with Crippen molar-refractivity contribution in [2.45, 2.75) is 19.9 Å². The third-order valence-electron chi connectivity index (χ3n) is 3.58. The topological polar surface area (TPSA) is 91.0 Å². The summed E-state index contributed by atoms with van der Waals surface area (Å²) >= 11 is 0. The van der Waals surface area contributed by atoms with Crippen LogP contribution >= 0.6 is 0 Å². The van der Waals surface area contributed by atoms with Gasteiger partial charge in [0.15, 0.2) is 0 Å². The van der Waals surface area contributed by atoms with Crippen LogP contribution in [0.1, 0.15) is 28.4 Å². The molecule has 7 heteroatoms. The van der Waals surface area contributed by atoms with Crippen molar-refractivity contribution in [1.29, 1.82) is 0 Å². The molecule has 0 aromatic carbocycles. The summed E-state index contributed by atoms with van der Waals surface area (Å²) < 4.78 is 0. The van der Waals surface area contributed by atoms with E-state index in [1.165, 1.54) is 0 Å². The van der Waals surface area contributed by atoms with Crippen LogP contribution in [0.2, 0.25) is 0 Å². The fourth-order valence-electron chi connectivity index (χ4n) is 2.47. The van der Waals surface area contributed by atoms with Gasteiger partial charge < -0.3 is 10.2 Å². The van der Waals surface area contributed by atoms with Crippen LogP contribution in [0.3, 0.4) is 0 Å². The highest BCUT2D eigenvalue weighted by Gasteiger charge is 2.23. The standard InChI is InChI=1S/C14H15N5O2/c1-9(20)19-5-3-11-10(8-19)6-15-7-12(11)14(21)17-13-2-4-16-18-13/h2,4,6-7H,3,5,8H2,1H3,(H2,16,17,18,21). The summed E-state index contributed by atoms with van der Waals surface area (Å²) in [4.78, 5) is 29.6. The Hall–Kier alpha value is -2.70. The molecule has 0 fully saturated rings. The Kier molecular flexibility index (Phi) is 3.39. The van der Waals surface area contributed by atoms with E-state index in [1.54, 1.807) is 36.5 Å². The number of nitrogens with one attached hydrogen (secondary N) is 2. The van der Waals surface area contributed by atoms with E-state index >= 15 is 0 Å². The van der Waals surface area contributed by atoms with Gasteiger partial charge in [0, 0.05) is 38.5 Å². The van der Waals surface area contributed by atoms with E-state index in [0.717, 1.165) is 11.1 Å². The Bertz CT molecular complexity index is 681. The first-order chi connectivity index (χ1) is 10.1. The lowest BCUT2D eigenvalue weighted by Gasteiger charge is -2.28. The number of aromatic nitrogens is 3. The number of hydrogen-bond donors (Lipinski definition) is 2. The zero-order valence-corrected chi connectivity index (χ0v) is 11.6. The van der Waals surface area contributed by atoms with Crippen molar-refractivity contribution in [2.24, 2.45) is 0 Å². The van der Waals surface area contributed by atoms with Crippen LogP contribution in [-0.2, 0) is 17.8 Å². The molecule has 21 heavy (non-hydrogen) atoms. The molecule has 0 saturated carbocycles. The molecule has 3 heterocycles. The van der Waals surface area contributed by atoms with E-state index in [4.69, 9.17) is 0 Å². The van der Waals surface area contributed by atoms with Crippen LogP contribution in [0, 0.1) is 0 Å². The van der Waals surface area contributed by atoms with Gasteiger partial charge in [-0.1, -0.05) is 0 Å². The molecule has 0 radical (unpaired) electrons. The minimum Gasteiger partial charge on any atom is -0.338 e. The minimum absolute atomic E-state index is 0.0352. The molecule has 0 unspecified atom stereocenters. The number of carbonyl (C=O) groups excluding carboxylic acids is 2. The quantitative estimate of drug-likeness (QED) is 0.860. The smallest absolute Gasteiger partial charge is 0.258 e. The fraction of sp³-hybridized carbons (Fsp3) is 0.286. The van der Waals surface area contributed by atoms with Crippen LogP contribution in [0.25, 0.3) is 0 Å². The number of carbonyl (C=O) groups is 2. The average Bonchev–Trinajstić information content (AvgIpc) is 2.98. The molecule has 0 spiro atoms. The molecule has 2 amide bonds. The Balaban J connectivity index is 1.86. The van der Waals surface area contributed by atoms with Gasteiger partial charge in [-0.05, 0) is 17.5 Å². The monoisotopic (exact) mass is 285 g/mol. The van der Waals surface area contributed by atoms with Gasteiger partial charge in [-0.3, -0.25) is 19.7 Å². The number of pyridine rings is 1. The number of nitrogens with zero attached hydrogens (tertiary/aromatic N) is 3. The Morgan fingerprint density at radius 2 is 2.24 bits per heavy atom. The molecule has 2 aromatic heterocycles. The average molecular weight is 285 g/mol. The summed E-state index contributed by atoms with van der Waals surface area (Å²) in [5.41, 5.74) is 2.43. The van der Waals surface area contributed by atoms with Gasteiger partial charge in [0.1, 0.15) is 5.82 Å². The van der Waals surface area contributed by atoms with Crippen molar-refractivity contribution in [3.8, 4) is 0 Å². The van der Waals surface area contributed by atoms with Gasteiger partial charge >= 0.3 is 0 Å². The number of hydrogen-bond acceptors (Lipinski definition) is 4. The lowest BCUT2D eigenvalue weighted by atomic mass is 9.96. The zero-order valence-electron chi connectivity index (χ0n) is 11.6. The summed E-state index contributed by atoms with van der Waals surface area (Å²) in [5.74, 6) is 0.353. The van der Waals surface area contributed by atoms with Gasteiger partial charge in [0.25, 0.3) is 5.91 Å². The number of amides is 2. The van der Waals surface area contributed by atoms with Crippen molar-refractivity contribution in [2.75, 3.05) is 11.9 Å². The highest BCUT2D eigenvalue weighted by atomic mass is 16.2. The van der Waals surface area contributed by atoms with Crippen molar-refractivity contribution >= 4 is 17.6 Å². The number of aromatic amines is 1. The first kappa shape index (κ1) is 13.3. The molecule has 1 aliphatic heterocycles. The number of H-pyrrole nitrogens is 1. The maximum atomic E-state index is 12.3. The summed E-state index contributed by atoms with van der Waals surface area (Å²) in [6, 6.07) is 1.68. The predicted octanol–water partition coefficient (Wildman–Crippen LogP) is 0.962. The van der Waals surface area contributed by atoms with Gasteiger partial charge in [-0.2, -0.15) is 5.10 Å². The van der Waals surface area contributed by atoms with E-state index in [-0.39, 0.29) is 11.8 Å². The third-order valence-corrected chi connectivity index (χ3v) is 3.58. The van der Waals surface area contributed by atoms with Crippen molar-refractivity contribution in [3.05, 3.63) is 41.3 Å². The fourth-order valence-corrected chi connectivity index (χ4v) is 2.47. The van der Waals surface area contributed by atoms with Crippen LogP contribution < -0.4 is 5.32 Å². The SMILES string of the molecule is CC(=O)N1CCc2c(cncc2C(=O)Nc2ccn[nH]2)C1. The lowest BCUT2D eigenvalue weighted by molar-refractivity contribution is -0.129. The van der Waals surface area contributed by atoms with E-state index in [0.29, 0.717) is 30.9 Å². The summed E-state index contributed by atoms with van der Waals surface area (Å²) in [5, 5.41) is 9.22. The first-order valence-corrected chi connectivity index (χ1v) is 6.67. The van der Waals surface area contributed by atoms with E-state index in [1.807, 2.05) is 0 Å². The summed E-state index contributed by atoms with van der Waals surface area (Å²) in [6.45, 7) is 2.67.